The molecule has 3 rings (SSSR count). The normalized spacial score (nSPS) is 10.7. The third kappa shape index (κ3) is 3.16. The van der Waals surface area contributed by atoms with E-state index in [2.05, 4.69) is 50.2 Å². The standard InChI is InChI=1S/C23H22O/c1-15-5-7-19(8-6-15)20-9-11-21(12-10-20)23(24)22-17(3)13-16(2)14-18(22)4/h5-14H,1-4H3. The van der Waals surface area contributed by atoms with Crippen molar-refractivity contribution >= 4 is 5.78 Å². The van der Waals surface area contributed by atoms with Crippen LogP contribution in [-0.4, -0.2) is 5.78 Å². The number of benzene rings is 3. The largest absolute Gasteiger partial charge is 0.289 e. The summed E-state index contributed by atoms with van der Waals surface area (Å²) in [7, 11) is 0. The lowest BCUT2D eigenvalue weighted by Gasteiger charge is -2.11. The summed E-state index contributed by atoms with van der Waals surface area (Å²) in [6.45, 7) is 8.16. The molecule has 0 bridgehead atoms. The topological polar surface area (TPSA) is 17.1 Å². The molecule has 0 saturated carbocycles. The van der Waals surface area contributed by atoms with Crippen molar-refractivity contribution in [3.63, 3.8) is 0 Å². The maximum Gasteiger partial charge on any atom is 0.193 e. The van der Waals surface area contributed by atoms with Gasteiger partial charge < -0.3 is 0 Å². The number of hydrogen-bond donors (Lipinski definition) is 0. The van der Waals surface area contributed by atoms with Gasteiger partial charge in [-0.15, -0.1) is 0 Å². The molecule has 0 aliphatic carbocycles. The second kappa shape index (κ2) is 6.45. The fraction of sp³-hybridized carbons (Fsp3) is 0.174. The summed E-state index contributed by atoms with van der Waals surface area (Å²) in [4.78, 5) is 12.9. The molecule has 0 N–H and O–H groups in total. The SMILES string of the molecule is Cc1ccc(-c2ccc(C(=O)c3c(C)cc(C)cc3C)cc2)cc1. The average Bonchev–Trinajstić information content (AvgIpc) is 2.54. The van der Waals surface area contributed by atoms with E-state index >= 15 is 0 Å². The Morgan fingerprint density at radius 1 is 0.625 bits per heavy atom. The molecule has 1 nitrogen and oxygen atoms in total. The van der Waals surface area contributed by atoms with Crippen LogP contribution in [0.25, 0.3) is 11.1 Å². The molecule has 0 fully saturated rings. The monoisotopic (exact) mass is 314 g/mol. The fourth-order valence-corrected chi connectivity index (χ4v) is 3.24. The summed E-state index contributed by atoms with van der Waals surface area (Å²) in [5.74, 6) is 0.0976. The quantitative estimate of drug-likeness (QED) is 0.557. The fourth-order valence-electron chi connectivity index (χ4n) is 3.24. The van der Waals surface area contributed by atoms with Crippen molar-refractivity contribution in [2.75, 3.05) is 0 Å². The van der Waals surface area contributed by atoms with Crippen LogP contribution in [0.1, 0.15) is 38.2 Å². The first-order valence-electron chi connectivity index (χ1n) is 8.25. The van der Waals surface area contributed by atoms with Crippen LogP contribution >= 0.6 is 0 Å². The summed E-state index contributed by atoms with van der Waals surface area (Å²) in [5, 5.41) is 0. The van der Waals surface area contributed by atoms with E-state index in [-0.39, 0.29) is 5.78 Å². The van der Waals surface area contributed by atoms with Gasteiger partial charge in [0.15, 0.2) is 5.78 Å². The first kappa shape index (κ1) is 16.2. The van der Waals surface area contributed by atoms with Crippen LogP contribution in [-0.2, 0) is 0 Å². The van der Waals surface area contributed by atoms with Gasteiger partial charge in [-0.3, -0.25) is 4.79 Å². The van der Waals surface area contributed by atoms with E-state index in [9.17, 15) is 4.79 Å². The van der Waals surface area contributed by atoms with Crippen LogP contribution in [0.2, 0.25) is 0 Å². The van der Waals surface area contributed by atoms with E-state index in [0.29, 0.717) is 0 Å². The van der Waals surface area contributed by atoms with Crippen LogP contribution in [0.15, 0.2) is 60.7 Å². The highest BCUT2D eigenvalue weighted by atomic mass is 16.1. The zero-order chi connectivity index (χ0) is 17.3. The maximum atomic E-state index is 12.9. The second-order valence-electron chi connectivity index (χ2n) is 6.55. The number of carbonyl (C=O) groups excluding carboxylic acids is 1. The summed E-state index contributed by atoms with van der Waals surface area (Å²) >= 11 is 0. The Hall–Kier alpha value is -2.67. The van der Waals surface area contributed by atoms with Crippen molar-refractivity contribution in [1.29, 1.82) is 0 Å². The Kier molecular flexibility index (Phi) is 4.35. The van der Waals surface area contributed by atoms with E-state index in [0.717, 1.165) is 27.8 Å². The van der Waals surface area contributed by atoms with Crippen molar-refractivity contribution in [1.82, 2.24) is 0 Å². The smallest absolute Gasteiger partial charge is 0.193 e. The van der Waals surface area contributed by atoms with Crippen molar-refractivity contribution < 1.29 is 4.79 Å². The van der Waals surface area contributed by atoms with E-state index in [1.165, 1.54) is 16.7 Å². The number of carbonyl (C=O) groups is 1. The Labute approximate surface area is 144 Å². The minimum absolute atomic E-state index is 0.0976. The van der Waals surface area contributed by atoms with Gasteiger partial charge in [-0.2, -0.15) is 0 Å². The molecule has 0 atom stereocenters. The molecular formula is C23H22O. The summed E-state index contributed by atoms with van der Waals surface area (Å²) in [6.07, 6.45) is 0. The van der Waals surface area contributed by atoms with Crippen molar-refractivity contribution in [2.24, 2.45) is 0 Å². The third-order valence-electron chi connectivity index (χ3n) is 4.44. The molecule has 0 radical (unpaired) electrons. The summed E-state index contributed by atoms with van der Waals surface area (Å²) in [6, 6.07) is 20.5. The first-order valence-corrected chi connectivity index (χ1v) is 8.25. The molecule has 120 valence electrons. The molecule has 0 saturated heterocycles. The number of aryl methyl sites for hydroxylation is 4. The molecule has 24 heavy (non-hydrogen) atoms. The predicted octanol–water partition coefficient (Wildman–Crippen LogP) is 5.82. The second-order valence-corrected chi connectivity index (χ2v) is 6.55. The van der Waals surface area contributed by atoms with Gasteiger partial charge in [0, 0.05) is 11.1 Å². The highest BCUT2D eigenvalue weighted by Crippen LogP contribution is 2.24. The highest BCUT2D eigenvalue weighted by molar-refractivity contribution is 6.11. The molecule has 0 aliphatic rings. The summed E-state index contributed by atoms with van der Waals surface area (Å²) < 4.78 is 0. The molecule has 0 amide bonds. The average molecular weight is 314 g/mol. The van der Waals surface area contributed by atoms with E-state index in [1.807, 2.05) is 38.1 Å². The lowest BCUT2D eigenvalue weighted by molar-refractivity contribution is 0.103. The molecule has 1 heteroatoms. The molecule has 0 unspecified atom stereocenters. The van der Waals surface area contributed by atoms with Crippen LogP contribution in [0, 0.1) is 27.7 Å². The lowest BCUT2D eigenvalue weighted by atomic mass is 9.92. The lowest BCUT2D eigenvalue weighted by Crippen LogP contribution is -2.06. The molecule has 3 aromatic rings. The van der Waals surface area contributed by atoms with Gasteiger partial charge in [-0.05, 0) is 49.9 Å². The van der Waals surface area contributed by atoms with Gasteiger partial charge in [-0.25, -0.2) is 0 Å². The zero-order valence-electron chi connectivity index (χ0n) is 14.7. The van der Waals surface area contributed by atoms with Gasteiger partial charge in [0.25, 0.3) is 0 Å². The van der Waals surface area contributed by atoms with Crippen LogP contribution < -0.4 is 0 Å². The zero-order valence-corrected chi connectivity index (χ0v) is 14.7. The van der Waals surface area contributed by atoms with Gasteiger partial charge in [0.2, 0.25) is 0 Å². The van der Waals surface area contributed by atoms with E-state index in [4.69, 9.17) is 0 Å². The molecule has 0 aromatic heterocycles. The number of ketones is 1. The van der Waals surface area contributed by atoms with E-state index < -0.39 is 0 Å². The minimum atomic E-state index is 0.0976. The molecule has 0 heterocycles. The van der Waals surface area contributed by atoms with Crippen molar-refractivity contribution in [3.8, 4) is 11.1 Å². The molecule has 3 aromatic carbocycles. The van der Waals surface area contributed by atoms with Crippen LogP contribution in [0.4, 0.5) is 0 Å². The number of hydrogen-bond acceptors (Lipinski definition) is 1. The van der Waals surface area contributed by atoms with Crippen molar-refractivity contribution in [2.45, 2.75) is 27.7 Å². The molecular weight excluding hydrogens is 292 g/mol. The Bertz CT molecular complexity index is 861. The Morgan fingerprint density at radius 3 is 1.58 bits per heavy atom. The minimum Gasteiger partial charge on any atom is -0.289 e. The molecule has 0 aliphatic heterocycles. The third-order valence-corrected chi connectivity index (χ3v) is 4.44. The van der Waals surface area contributed by atoms with Crippen LogP contribution in [0.5, 0.6) is 0 Å². The number of rotatable bonds is 3. The molecule has 0 spiro atoms. The van der Waals surface area contributed by atoms with E-state index in [1.54, 1.807) is 0 Å². The van der Waals surface area contributed by atoms with Gasteiger partial charge in [0.1, 0.15) is 0 Å². The predicted molar refractivity (Wildman–Crippen MR) is 101 cm³/mol. The Balaban J connectivity index is 1.94. The van der Waals surface area contributed by atoms with Crippen molar-refractivity contribution in [3.05, 3.63) is 94.0 Å². The highest BCUT2D eigenvalue weighted by Gasteiger charge is 2.15. The van der Waals surface area contributed by atoms with Gasteiger partial charge in [-0.1, -0.05) is 71.8 Å². The van der Waals surface area contributed by atoms with Crippen LogP contribution in [0.3, 0.4) is 0 Å². The maximum absolute atomic E-state index is 12.9. The summed E-state index contributed by atoms with van der Waals surface area (Å²) in [5.41, 5.74) is 8.38. The van der Waals surface area contributed by atoms with Gasteiger partial charge >= 0.3 is 0 Å². The first-order chi connectivity index (χ1) is 11.5. The van der Waals surface area contributed by atoms with Gasteiger partial charge in [0.05, 0.1) is 0 Å². The Morgan fingerprint density at radius 2 is 1.08 bits per heavy atom.